The van der Waals surface area contributed by atoms with E-state index in [9.17, 15) is 0 Å². The molecule has 2 aromatic rings. The van der Waals surface area contributed by atoms with Crippen LogP contribution < -0.4 is 4.74 Å². The van der Waals surface area contributed by atoms with Gasteiger partial charge in [-0.3, -0.25) is 0 Å². The Bertz CT molecular complexity index is 809. The minimum atomic E-state index is 0.859. The highest BCUT2D eigenvalue weighted by atomic mass is 32.2. The summed E-state index contributed by atoms with van der Waals surface area (Å²) in [5.41, 5.74) is 4.53. The Morgan fingerprint density at radius 3 is 2.72 bits per heavy atom. The van der Waals surface area contributed by atoms with Gasteiger partial charge in [0, 0.05) is 17.2 Å². The largest absolute Gasteiger partial charge is 0.497 e. The van der Waals surface area contributed by atoms with Gasteiger partial charge in [0.15, 0.2) is 0 Å². The molecule has 1 fully saturated rings. The van der Waals surface area contributed by atoms with Gasteiger partial charge in [-0.25, -0.2) is 0 Å². The number of hydrogen-bond acceptors (Lipinski definition) is 3. The van der Waals surface area contributed by atoms with Gasteiger partial charge in [-0.1, -0.05) is 42.0 Å². The van der Waals surface area contributed by atoms with Crippen LogP contribution in [0.15, 0.2) is 65.1 Å². The van der Waals surface area contributed by atoms with Crippen molar-refractivity contribution in [1.29, 1.82) is 0 Å². The summed E-state index contributed by atoms with van der Waals surface area (Å²) >= 11 is 1.99. The minimum Gasteiger partial charge on any atom is -0.497 e. The van der Waals surface area contributed by atoms with Gasteiger partial charge < -0.3 is 9.64 Å². The van der Waals surface area contributed by atoms with E-state index in [1.54, 1.807) is 12.7 Å². The second kappa shape index (κ2) is 10.4. The Morgan fingerprint density at radius 1 is 1.10 bits per heavy atom. The van der Waals surface area contributed by atoms with Crippen LogP contribution >= 0.6 is 11.8 Å². The summed E-state index contributed by atoms with van der Waals surface area (Å²) in [6, 6.07) is 17.5. The number of ether oxygens (including phenoxy) is 1. The molecule has 3 heteroatoms. The molecule has 0 bridgehead atoms. The summed E-state index contributed by atoms with van der Waals surface area (Å²) < 4.78 is 5.43. The molecule has 2 aromatic carbocycles. The van der Waals surface area contributed by atoms with Crippen LogP contribution in [0, 0.1) is 5.92 Å². The molecule has 154 valence electrons. The van der Waals surface area contributed by atoms with Crippen molar-refractivity contribution in [3.63, 3.8) is 0 Å². The molecule has 2 heterocycles. The SMILES string of the molecule is COc1ccc2c(c1)C/C(=C/CCN1CCC(Cc3ccccc3)CC1)CCS2. The number of rotatable bonds is 6. The van der Waals surface area contributed by atoms with Gasteiger partial charge >= 0.3 is 0 Å². The number of hydrogen-bond donors (Lipinski definition) is 0. The number of fused-ring (bicyclic) bond motifs is 1. The molecule has 0 amide bonds. The number of nitrogens with zero attached hydrogens (tertiary/aromatic N) is 1. The Balaban J connectivity index is 1.24. The van der Waals surface area contributed by atoms with Crippen molar-refractivity contribution < 1.29 is 4.74 Å². The van der Waals surface area contributed by atoms with E-state index in [1.807, 2.05) is 11.8 Å². The number of benzene rings is 2. The third-order valence-electron chi connectivity index (χ3n) is 6.32. The van der Waals surface area contributed by atoms with Crippen molar-refractivity contribution in [2.24, 2.45) is 5.92 Å². The predicted octanol–water partition coefficient (Wildman–Crippen LogP) is 6.00. The van der Waals surface area contributed by atoms with E-state index in [-0.39, 0.29) is 0 Å². The molecule has 29 heavy (non-hydrogen) atoms. The average Bonchev–Trinajstić information content (AvgIpc) is 2.97. The first-order valence-corrected chi connectivity index (χ1v) is 12.0. The molecule has 2 aliphatic heterocycles. The lowest BCUT2D eigenvalue weighted by Crippen LogP contribution is -2.34. The third kappa shape index (κ3) is 5.90. The van der Waals surface area contributed by atoms with Gasteiger partial charge in [-0.15, -0.1) is 11.8 Å². The fourth-order valence-corrected chi connectivity index (χ4v) is 5.64. The Morgan fingerprint density at radius 2 is 1.93 bits per heavy atom. The molecule has 0 radical (unpaired) electrons. The molecule has 0 N–H and O–H groups in total. The lowest BCUT2D eigenvalue weighted by atomic mass is 9.90. The maximum absolute atomic E-state index is 5.43. The highest BCUT2D eigenvalue weighted by Crippen LogP contribution is 2.33. The van der Waals surface area contributed by atoms with E-state index in [0.29, 0.717) is 0 Å². The molecule has 0 spiro atoms. The van der Waals surface area contributed by atoms with Gasteiger partial charge in [-0.05, 0) is 86.9 Å². The number of thioether (sulfide) groups is 1. The lowest BCUT2D eigenvalue weighted by Gasteiger charge is -2.31. The summed E-state index contributed by atoms with van der Waals surface area (Å²) in [7, 11) is 1.76. The number of likely N-dealkylation sites (tertiary alicyclic amines) is 1. The van der Waals surface area contributed by atoms with Crippen LogP contribution in [0.4, 0.5) is 0 Å². The van der Waals surface area contributed by atoms with E-state index in [1.165, 1.54) is 73.5 Å². The summed E-state index contributed by atoms with van der Waals surface area (Å²) in [4.78, 5) is 4.09. The van der Waals surface area contributed by atoms with Crippen molar-refractivity contribution in [1.82, 2.24) is 4.90 Å². The first-order chi connectivity index (χ1) is 14.3. The second-order valence-corrected chi connectivity index (χ2v) is 9.51. The fourth-order valence-electron chi connectivity index (χ4n) is 4.57. The second-order valence-electron chi connectivity index (χ2n) is 8.37. The standard InChI is InChI=1S/C26H33NOS/c1-28-25-9-10-26-24(20-25)19-22(13-17-29-26)8-5-14-27-15-11-23(12-16-27)18-21-6-3-2-4-7-21/h2-4,6-10,20,23H,5,11-19H2,1H3/b22-8+. The van der Waals surface area contributed by atoms with Crippen molar-refractivity contribution in [3.8, 4) is 5.75 Å². The molecule has 0 atom stereocenters. The topological polar surface area (TPSA) is 12.5 Å². The zero-order valence-electron chi connectivity index (χ0n) is 17.6. The number of piperidine rings is 1. The molecule has 1 saturated heterocycles. The predicted molar refractivity (Wildman–Crippen MR) is 124 cm³/mol. The highest BCUT2D eigenvalue weighted by Gasteiger charge is 2.19. The van der Waals surface area contributed by atoms with Gasteiger partial charge in [0.2, 0.25) is 0 Å². The van der Waals surface area contributed by atoms with Crippen LogP contribution in [0.2, 0.25) is 0 Å². The maximum atomic E-state index is 5.43. The van der Waals surface area contributed by atoms with Crippen LogP contribution in [0.1, 0.15) is 36.8 Å². The van der Waals surface area contributed by atoms with E-state index < -0.39 is 0 Å². The van der Waals surface area contributed by atoms with Crippen molar-refractivity contribution in [2.75, 3.05) is 32.5 Å². The molecule has 2 nitrogen and oxygen atoms in total. The quantitative estimate of drug-likeness (QED) is 0.545. The maximum Gasteiger partial charge on any atom is 0.119 e. The molecule has 0 aromatic heterocycles. The molecular formula is C26H33NOS. The van der Waals surface area contributed by atoms with Gasteiger partial charge in [0.25, 0.3) is 0 Å². The van der Waals surface area contributed by atoms with Crippen LogP contribution in [-0.2, 0) is 12.8 Å². The lowest BCUT2D eigenvalue weighted by molar-refractivity contribution is 0.187. The van der Waals surface area contributed by atoms with E-state index in [0.717, 1.165) is 18.1 Å². The van der Waals surface area contributed by atoms with E-state index in [2.05, 4.69) is 59.5 Å². The smallest absolute Gasteiger partial charge is 0.119 e. The monoisotopic (exact) mass is 407 g/mol. The summed E-state index contributed by atoms with van der Waals surface area (Å²) in [6.45, 7) is 3.73. The first kappa shape index (κ1) is 20.6. The summed E-state index contributed by atoms with van der Waals surface area (Å²) in [5, 5.41) is 0. The molecule has 4 rings (SSSR count). The summed E-state index contributed by atoms with van der Waals surface area (Å²) in [5.74, 6) is 3.03. The highest BCUT2D eigenvalue weighted by molar-refractivity contribution is 7.99. The Labute approximate surface area is 180 Å². The normalized spacial score (nSPS) is 19.7. The number of allylic oxidation sites excluding steroid dienone is 1. The zero-order valence-corrected chi connectivity index (χ0v) is 18.4. The van der Waals surface area contributed by atoms with Crippen LogP contribution in [0.25, 0.3) is 0 Å². The zero-order chi connectivity index (χ0) is 19.9. The van der Waals surface area contributed by atoms with Crippen LogP contribution in [0.5, 0.6) is 5.75 Å². The third-order valence-corrected chi connectivity index (χ3v) is 7.44. The fraction of sp³-hybridized carbons (Fsp3) is 0.462. The Kier molecular flexibility index (Phi) is 7.34. The molecular weight excluding hydrogens is 374 g/mol. The van der Waals surface area contributed by atoms with Crippen molar-refractivity contribution in [3.05, 3.63) is 71.3 Å². The van der Waals surface area contributed by atoms with E-state index in [4.69, 9.17) is 4.74 Å². The van der Waals surface area contributed by atoms with Crippen LogP contribution in [0.3, 0.4) is 0 Å². The van der Waals surface area contributed by atoms with Gasteiger partial charge in [-0.2, -0.15) is 0 Å². The minimum absolute atomic E-state index is 0.859. The van der Waals surface area contributed by atoms with Crippen LogP contribution in [-0.4, -0.2) is 37.4 Å². The number of methoxy groups -OCH3 is 1. The molecule has 0 unspecified atom stereocenters. The van der Waals surface area contributed by atoms with Crippen molar-refractivity contribution >= 4 is 11.8 Å². The summed E-state index contributed by atoms with van der Waals surface area (Å²) in [6.07, 6.45) is 9.93. The molecule has 2 aliphatic rings. The first-order valence-electron chi connectivity index (χ1n) is 11.0. The molecule has 0 saturated carbocycles. The van der Waals surface area contributed by atoms with Gasteiger partial charge in [0.1, 0.15) is 5.75 Å². The van der Waals surface area contributed by atoms with Crippen molar-refractivity contribution in [2.45, 2.75) is 43.4 Å². The van der Waals surface area contributed by atoms with E-state index >= 15 is 0 Å². The Hall–Kier alpha value is -1.71. The average molecular weight is 408 g/mol. The molecule has 0 aliphatic carbocycles. The van der Waals surface area contributed by atoms with Gasteiger partial charge in [0.05, 0.1) is 7.11 Å².